The number of carboxylic acids is 1. The summed E-state index contributed by atoms with van der Waals surface area (Å²) in [6, 6.07) is 14.5. The van der Waals surface area contributed by atoms with Gasteiger partial charge in [-0.05, 0) is 55.7 Å². The second kappa shape index (κ2) is 11.8. The molecule has 0 aliphatic carbocycles. The fourth-order valence-electron chi connectivity index (χ4n) is 4.30. The molecule has 1 amide bonds. The Morgan fingerprint density at radius 2 is 1.80 bits per heavy atom. The number of hydrogen-bond acceptors (Lipinski definition) is 5. The topological polar surface area (TPSA) is 107 Å². The molecule has 2 heterocycles. The largest absolute Gasteiger partial charge is 0.478 e. The number of aliphatic imine (C=N–C) groups is 1. The quantitative estimate of drug-likeness (QED) is 0.414. The van der Waals surface area contributed by atoms with Gasteiger partial charge in [-0.15, -0.1) is 0 Å². The molecule has 0 saturated carbocycles. The molecule has 9 nitrogen and oxygen atoms in total. The summed E-state index contributed by atoms with van der Waals surface area (Å²) >= 11 is 0. The van der Waals surface area contributed by atoms with Crippen molar-refractivity contribution in [3.63, 3.8) is 0 Å². The van der Waals surface area contributed by atoms with E-state index in [0.29, 0.717) is 37.8 Å². The number of benzene rings is 2. The van der Waals surface area contributed by atoms with Gasteiger partial charge in [-0.2, -0.15) is 0 Å². The molecule has 2 aromatic rings. The van der Waals surface area contributed by atoms with E-state index in [1.165, 1.54) is 0 Å². The molecular formula is C26H33N5O4. The van der Waals surface area contributed by atoms with Gasteiger partial charge < -0.3 is 25.4 Å². The maximum atomic E-state index is 12.5. The number of ether oxygens (including phenoxy) is 1. The predicted molar refractivity (Wildman–Crippen MR) is 136 cm³/mol. The molecule has 9 heteroatoms. The molecule has 0 aromatic heterocycles. The first kappa shape index (κ1) is 24.7. The van der Waals surface area contributed by atoms with Crippen LogP contribution in [0, 0.1) is 6.92 Å². The highest BCUT2D eigenvalue weighted by Crippen LogP contribution is 2.16. The summed E-state index contributed by atoms with van der Waals surface area (Å²) in [6.07, 6.45) is 2.16. The molecule has 3 N–H and O–H groups in total. The molecule has 2 aliphatic rings. The molecule has 35 heavy (non-hydrogen) atoms. The Kier molecular flexibility index (Phi) is 8.33. The SMILES string of the molecule is Cc1cccc(NC(=O)CN2CCN(C(=NC[C@@H]3CCCO3)Nc3cccc(C(=O)O)c3)CC2)c1. The lowest BCUT2D eigenvalue weighted by Gasteiger charge is -2.36. The van der Waals surface area contributed by atoms with Crippen LogP contribution in [0.2, 0.25) is 0 Å². The first-order valence-corrected chi connectivity index (χ1v) is 12.1. The number of amides is 1. The van der Waals surface area contributed by atoms with Gasteiger partial charge in [0.25, 0.3) is 0 Å². The van der Waals surface area contributed by atoms with Crippen LogP contribution >= 0.6 is 0 Å². The Labute approximate surface area is 205 Å². The number of carboxylic acid groups (broad SMARTS) is 1. The lowest BCUT2D eigenvalue weighted by molar-refractivity contribution is -0.117. The van der Waals surface area contributed by atoms with E-state index in [-0.39, 0.29) is 17.6 Å². The Morgan fingerprint density at radius 1 is 1.06 bits per heavy atom. The normalized spacial score (nSPS) is 18.9. The molecule has 0 bridgehead atoms. The van der Waals surface area contributed by atoms with Gasteiger partial charge in [-0.1, -0.05) is 18.2 Å². The third-order valence-electron chi connectivity index (χ3n) is 6.18. The molecule has 0 radical (unpaired) electrons. The van der Waals surface area contributed by atoms with Crippen LogP contribution in [0.4, 0.5) is 11.4 Å². The van der Waals surface area contributed by atoms with Crippen molar-refractivity contribution in [3.05, 3.63) is 59.7 Å². The van der Waals surface area contributed by atoms with E-state index in [1.807, 2.05) is 37.3 Å². The minimum Gasteiger partial charge on any atom is -0.478 e. The number of nitrogens with zero attached hydrogens (tertiary/aromatic N) is 3. The fourth-order valence-corrected chi connectivity index (χ4v) is 4.30. The molecule has 0 spiro atoms. The van der Waals surface area contributed by atoms with Crippen LogP contribution in [-0.2, 0) is 9.53 Å². The summed E-state index contributed by atoms with van der Waals surface area (Å²) in [5, 5.41) is 15.6. The highest BCUT2D eigenvalue weighted by Gasteiger charge is 2.23. The number of carbonyl (C=O) groups excluding carboxylic acids is 1. The summed E-state index contributed by atoms with van der Waals surface area (Å²) in [7, 11) is 0. The van der Waals surface area contributed by atoms with Gasteiger partial charge in [0.15, 0.2) is 5.96 Å². The third kappa shape index (κ3) is 7.27. The van der Waals surface area contributed by atoms with Gasteiger partial charge in [0, 0.05) is 44.2 Å². The van der Waals surface area contributed by atoms with Crippen molar-refractivity contribution in [1.29, 1.82) is 0 Å². The maximum Gasteiger partial charge on any atom is 0.335 e. The molecule has 2 aliphatic heterocycles. The molecular weight excluding hydrogens is 446 g/mol. The van der Waals surface area contributed by atoms with Gasteiger partial charge >= 0.3 is 5.97 Å². The fraction of sp³-hybridized carbons (Fsp3) is 0.423. The van der Waals surface area contributed by atoms with E-state index in [2.05, 4.69) is 20.4 Å². The zero-order valence-electron chi connectivity index (χ0n) is 20.1. The minimum absolute atomic E-state index is 0.0278. The van der Waals surface area contributed by atoms with Crippen LogP contribution in [0.5, 0.6) is 0 Å². The Balaban J connectivity index is 1.36. The highest BCUT2D eigenvalue weighted by atomic mass is 16.5. The van der Waals surface area contributed by atoms with E-state index >= 15 is 0 Å². The van der Waals surface area contributed by atoms with Crippen molar-refractivity contribution < 1.29 is 19.4 Å². The second-order valence-corrected chi connectivity index (χ2v) is 8.99. The van der Waals surface area contributed by atoms with Crippen LogP contribution in [0.25, 0.3) is 0 Å². The van der Waals surface area contributed by atoms with E-state index < -0.39 is 5.97 Å². The number of rotatable bonds is 7. The number of aromatic carboxylic acids is 1. The number of hydrogen-bond donors (Lipinski definition) is 3. The number of guanidine groups is 1. The number of anilines is 2. The molecule has 0 unspecified atom stereocenters. The van der Waals surface area contributed by atoms with Crippen molar-refractivity contribution in [2.75, 3.05) is 56.5 Å². The van der Waals surface area contributed by atoms with E-state index in [4.69, 9.17) is 9.73 Å². The number of aryl methyl sites for hydroxylation is 1. The smallest absolute Gasteiger partial charge is 0.335 e. The molecule has 4 rings (SSSR count). The maximum absolute atomic E-state index is 12.5. The van der Waals surface area contributed by atoms with Crippen LogP contribution in [0.3, 0.4) is 0 Å². The standard InChI is InChI=1S/C26H33N5O4/c1-19-5-2-7-21(15-19)28-24(32)18-30-10-12-31(13-11-30)26(27-17-23-9-4-14-35-23)29-22-8-3-6-20(16-22)25(33)34/h2-3,5-8,15-16,23H,4,9-14,17-18H2,1H3,(H,27,29)(H,28,32)(H,33,34)/t23-/m0/s1. The first-order valence-electron chi connectivity index (χ1n) is 12.1. The molecule has 2 aromatic carbocycles. The van der Waals surface area contributed by atoms with Crippen molar-refractivity contribution in [2.45, 2.75) is 25.9 Å². The first-order chi connectivity index (χ1) is 17.0. The van der Waals surface area contributed by atoms with Crippen LogP contribution < -0.4 is 10.6 Å². The van der Waals surface area contributed by atoms with Crippen molar-refractivity contribution in [2.24, 2.45) is 4.99 Å². The lowest BCUT2D eigenvalue weighted by atomic mass is 10.2. The Morgan fingerprint density at radius 3 is 2.49 bits per heavy atom. The van der Waals surface area contributed by atoms with Gasteiger partial charge in [0.05, 0.1) is 24.8 Å². The summed E-state index contributed by atoms with van der Waals surface area (Å²) in [5.41, 5.74) is 2.81. The summed E-state index contributed by atoms with van der Waals surface area (Å²) in [5.74, 6) is -0.295. The Hall–Kier alpha value is -3.43. The zero-order valence-corrected chi connectivity index (χ0v) is 20.1. The van der Waals surface area contributed by atoms with Gasteiger partial charge in [-0.25, -0.2) is 4.79 Å². The predicted octanol–water partition coefficient (Wildman–Crippen LogP) is 2.90. The lowest BCUT2D eigenvalue weighted by Crippen LogP contribution is -2.52. The summed E-state index contributed by atoms with van der Waals surface area (Å²) in [4.78, 5) is 33.0. The van der Waals surface area contributed by atoms with E-state index in [9.17, 15) is 14.7 Å². The minimum atomic E-state index is -0.968. The van der Waals surface area contributed by atoms with Crippen molar-refractivity contribution in [3.8, 4) is 0 Å². The van der Waals surface area contributed by atoms with Crippen molar-refractivity contribution in [1.82, 2.24) is 9.80 Å². The summed E-state index contributed by atoms with van der Waals surface area (Å²) in [6.45, 7) is 6.50. The van der Waals surface area contributed by atoms with Crippen LogP contribution in [-0.4, -0.2) is 84.7 Å². The highest BCUT2D eigenvalue weighted by molar-refractivity contribution is 5.96. The third-order valence-corrected chi connectivity index (χ3v) is 6.18. The molecule has 1 atom stereocenters. The molecule has 2 saturated heterocycles. The van der Waals surface area contributed by atoms with Gasteiger partial charge in [0.1, 0.15) is 0 Å². The zero-order chi connectivity index (χ0) is 24.6. The van der Waals surface area contributed by atoms with Gasteiger partial charge in [-0.3, -0.25) is 14.7 Å². The van der Waals surface area contributed by atoms with Gasteiger partial charge in [0.2, 0.25) is 5.91 Å². The van der Waals surface area contributed by atoms with E-state index in [0.717, 1.165) is 43.8 Å². The summed E-state index contributed by atoms with van der Waals surface area (Å²) < 4.78 is 5.72. The molecule has 186 valence electrons. The number of carbonyl (C=O) groups is 2. The Bertz CT molecular complexity index is 1060. The van der Waals surface area contributed by atoms with Crippen LogP contribution in [0.15, 0.2) is 53.5 Å². The van der Waals surface area contributed by atoms with Crippen molar-refractivity contribution >= 4 is 29.2 Å². The average molecular weight is 480 g/mol. The second-order valence-electron chi connectivity index (χ2n) is 8.99. The number of nitrogens with one attached hydrogen (secondary N) is 2. The molecule has 2 fully saturated rings. The van der Waals surface area contributed by atoms with Crippen LogP contribution in [0.1, 0.15) is 28.8 Å². The van der Waals surface area contributed by atoms with E-state index in [1.54, 1.807) is 18.2 Å². The average Bonchev–Trinajstić information content (AvgIpc) is 3.36. The number of piperazine rings is 1. The monoisotopic (exact) mass is 479 g/mol.